The van der Waals surface area contributed by atoms with Gasteiger partial charge in [-0.05, 0) is 37.5 Å². The molecule has 124 valence electrons. The van der Waals surface area contributed by atoms with Crippen LogP contribution in [0.2, 0.25) is 0 Å². The summed E-state index contributed by atoms with van der Waals surface area (Å²) in [6.07, 6.45) is 5.76. The normalized spacial score (nSPS) is 10.9. The average molecular weight is 315 g/mol. The molecule has 5 heteroatoms. The molecule has 0 amide bonds. The van der Waals surface area contributed by atoms with E-state index in [1.807, 2.05) is 32.0 Å². The Hall–Kier alpha value is -2.17. The molecule has 5 nitrogen and oxygen atoms in total. The van der Waals surface area contributed by atoms with Crippen LogP contribution in [0, 0.1) is 13.8 Å². The van der Waals surface area contributed by atoms with E-state index in [4.69, 9.17) is 0 Å². The second-order valence-electron chi connectivity index (χ2n) is 6.03. The number of carboxylic acids is 1. The molecule has 0 unspecified atom stereocenters. The summed E-state index contributed by atoms with van der Waals surface area (Å²) in [5.74, 6) is -1.03. The van der Waals surface area contributed by atoms with Crippen molar-refractivity contribution >= 4 is 5.97 Å². The minimum atomic E-state index is -1.03. The van der Waals surface area contributed by atoms with Crippen molar-refractivity contribution in [1.82, 2.24) is 15.0 Å². The van der Waals surface area contributed by atoms with Gasteiger partial charge in [0, 0.05) is 12.1 Å². The number of unbranched alkanes of at least 4 members (excludes halogenated alkanes) is 4. The third kappa shape index (κ3) is 4.18. The van der Waals surface area contributed by atoms with Crippen LogP contribution in [-0.2, 0) is 6.54 Å². The smallest absolute Gasteiger partial charge is 0.358 e. The first-order valence-corrected chi connectivity index (χ1v) is 8.29. The van der Waals surface area contributed by atoms with E-state index in [-0.39, 0.29) is 5.69 Å². The van der Waals surface area contributed by atoms with Gasteiger partial charge in [-0.2, -0.15) is 0 Å². The predicted molar refractivity (Wildman–Crippen MR) is 90.7 cm³/mol. The van der Waals surface area contributed by atoms with Crippen molar-refractivity contribution in [2.45, 2.75) is 59.4 Å². The minimum absolute atomic E-state index is 0.0295. The van der Waals surface area contributed by atoms with Gasteiger partial charge in [0.15, 0.2) is 5.69 Å². The molecule has 2 rings (SSSR count). The Morgan fingerprint density at radius 2 is 1.87 bits per heavy atom. The molecule has 0 bridgehead atoms. The lowest BCUT2D eigenvalue weighted by molar-refractivity contribution is 0.0691. The maximum Gasteiger partial charge on any atom is 0.358 e. The Kier molecular flexibility index (Phi) is 5.90. The first-order chi connectivity index (χ1) is 11.0. The highest BCUT2D eigenvalue weighted by atomic mass is 16.4. The van der Waals surface area contributed by atoms with Crippen LogP contribution in [0.3, 0.4) is 0 Å². The SMILES string of the molecule is CCCCCCCn1nnc(C(=O)O)c1-c1ccc(C)c(C)c1. The average Bonchev–Trinajstić information content (AvgIpc) is 2.94. The standard InChI is InChI=1S/C18H25N3O2/c1-4-5-6-7-8-11-21-17(16(18(22)23)19-20-21)15-10-9-13(2)14(3)12-15/h9-10,12H,4-8,11H2,1-3H3,(H,22,23). The van der Waals surface area contributed by atoms with Crippen molar-refractivity contribution in [3.63, 3.8) is 0 Å². The fourth-order valence-corrected chi connectivity index (χ4v) is 2.65. The number of benzene rings is 1. The van der Waals surface area contributed by atoms with Crippen LogP contribution in [0.4, 0.5) is 0 Å². The maximum absolute atomic E-state index is 11.5. The quantitative estimate of drug-likeness (QED) is 0.740. The highest BCUT2D eigenvalue weighted by Crippen LogP contribution is 2.25. The maximum atomic E-state index is 11.5. The van der Waals surface area contributed by atoms with Gasteiger partial charge in [-0.1, -0.05) is 50.0 Å². The molecule has 1 aromatic heterocycles. The van der Waals surface area contributed by atoms with Crippen LogP contribution < -0.4 is 0 Å². The molecule has 2 aromatic rings. The molecular formula is C18H25N3O2. The molecule has 0 aliphatic rings. The molecule has 1 heterocycles. The Balaban J connectivity index is 2.26. The largest absolute Gasteiger partial charge is 0.476 e. The summed E-state index contributed by atoms with van der Waals surface area (Å²) in [5, 5.41) is 17.3. The Bertz CT molecular complexity index is 677. The van der Waals surface area contributed by atoms with Gasteiger partial charge in [0.1, 0.15) is 5.69 Å². The summed E-state index contributed by atoms with van der Waals surface area (Å²) in [5.41, 5.74) is 3.82. The number of rotatable bonds is 8. The molecule has 0 spiro atoms. The number of aromatic carboxylic acids is 1. The molecule has 0 fully saturated rings. The van der Waals surface area contributed by atoms with Crippen LogP contribution in [0.5, 0.6) is 0 Å². The number of nitrogens with zero attached hydrogens (tertiary/aromatic N) is 3. The topological polar surface area (TPSA) is 68.0 Å². The van der Waals surface area contributed by atoms with Crippen molar-refractivity contribution in [3.05, 3.63) is 35.0 Å². The summed E-state index contributed by atoms with van der Waals surface area (Å²) >= 11 is 0. The van der Waals surface area contributed by atoms with Gasteiger partial charge in [-0.15, -0.1) is 5.10 Å². The highest BCUT2D eigenvalue weighted by Gasteiger charge is 2.20. The number of carboxylic acid groups (broad SMARTS) is 1. The van der Waals surface area contributed by atoms with E-state index in [2.05, 4.69) is 17.2 Å². The van der Waals surface area contributed by atoms with Crippen LogP contribution >= 0.6 is 0 Å². The number of aryl methyl sites for hydroxylation is 3. The molecule has 0 saturated heterocycles. The molecular weight excluding hydrogens is 290 g/mol. The van der Waals surface area contributed by atoms with E-state index in [0.29, 0.717) is 12.2 Å². The van der Waals surface area contributed by atoms with Gasteiger partial charge in [-0.3, -0.25) is 0 Å². The lowest BCUT2D eigenvalue weighted by Crippen LogP contribution is -2.05. The second-order valence-corrected chi connectivity index (χ2v) is 6.03. The third-order valence-electron chi connectivity index (χ3n) is 4.19. The summed E-state index contributed by atoms with van der Waals surface area (Å²) in [4.78, 5) is 11.5. The zero-order valence-corrected chi connectivity index (χ0v) is 14.2. The van der Waals surface area contributed by atoms with Crippen molar-refractivity contribution in [2.75, 3.05) is 0 Å². The van der Waals surface area contributed by atoms with E-state index in [1.165, 1.54) is 24.8 Å². The molecule has 0 aliphatic heterocycles. The number of hydrogen-bond donors (Lipinski definition) is 1. The molecule has 23 heavy (non-hydrogen) atoms. The number of hydrogen-bond acceptors (Lipinski definition) is 3. The summed E-state index contributed by atoms with van der Waals surface area (Å²) in [7, 11) is 0. The van der Waals surface area contributed by atoms with Crippen LogP contribution in [0.1, 0.15) is 60.6 Å². The van der Waals surface area contributed by atoms with E-state index in [0.717, 1.165) is 24.0 Å². The number of carbonyl (C=O) groups is 1. The summed E-state index contributed by atoms with van der Waals surface area (Å²) in [6, 6.07) is 5.96. The fraction of sp³-hybridized carbons (Fsp3) is 0.500. The van der Waals surface area contributed by atoms with Crippen LogP contribution in [0.15, 0.2) is 18.2 Å². The monoisotopic (exact) mass is 315 g/mol. The zero-order chi connectivity index (χ0) is 16.8. The first kappa shape index (κ1) is 17.2. The van der Waals surface area contributed by atoms with Gasteiger partial charge < -0.3 is 5.11 Å². The Labute approximate surface area is 137 Å². The summed E-state index contributed by atoms with van der Waals surface area (Å²) in [6.45, 7) is 6.96. The van der Waals surface area contributed by atoms with Crippen molar-refractivity contribution in [1.29, 1.82) is 0 Å². The predicted octanol–water partition coefficient (Wildman–Crippen LogP) is 4.23. The molecule has 0 radical (unpaired) electrons. The summed E-state index contributed by atoms with van der Waals surface area (Å²) < 4.78 is 1.74. The first-order valence-electron chi connectivity index (χ1n) is 8.29. The molecule has 1 aromatic carbocycles. The van der Waals surface area contributed by atoms with Crippen molar-refractivity contribution in [2.24, 2.45) is 0 Å². The lowest BCUT2D eigenvalue weighted by atomic mass is 10.0. The second kappa shape index (κ2) is 7.90. The highest BCUT2D eigenvalue weighted by molar-refractivity contribution is 5.92. The van der Waals surface area contributed by atoms with E-state index in [1.54, 1.807) is 4.68 Å². The third-order valence-corrected chi connectivity index (χ3v) is 4.19. The van der Waals surface area contributed by atoms with E-state index in [9.17, 15) is 9.90 Å². The van der Waals surface area contributed by atoms with Crippen LogP contribution in [-0.4, -0.2) is 26.1 Å². The zero-order valence-electron chi connectivity index (χ0n) is 14.2. The Morgan fingerprint density at radius 1 is 1.13 bits per heavy atom. The van der Waals surface area contributed by atoms with Gasteiger partial charge in [-0.25, -0.2) is 9.48 Å². The number of aromatic nitrogens is 3. The minimum Gasteiger partial charge on any atom is -0.476 e. The fourth-order valence-electron chi connectivity index (χ4n) is 2.65. The molecule has 0 saturated carbocycles. The van der Waals surface area contributed by atoms with Gasteiger partial charge in [0.2, 0.25) is 0 Å². The van der Waals surface area contributed by atoms with Gasteiger partial charge >= 0.3 is 5.97 Å². The van der Waals surface area contributed by atoms with Crippen LogP contribution in [0.25, 0.3) is 11.3 Å². The molecule has 0 aliphatic carbocycles. The molecule has 1 N–H and O–H groups in total. The van der Waals surface area contributed by atoms with Crippen molar-refractivity contribution < 1.29 is 9.90 Å². The van der Waals surface area contributed by atoms with Crippen molar-refractivity contribution in [3.8, 4) is 11.3 Å². The molecule has 0 atom stereocenters. The van der Waals surface area contributed by atoms with E-state index >= 15 is 0 Å². The Morgan fingerprint density at radius 3 is 2.52 bits per heavy atom. The van der Waals surface area contributed by atoms with Gasteiger partial charge in [0.25, 0.3) is 0 Å². The lowest BCUT2D eigenvalue weighted by Gasteiger charge is -2.09. The van der Waals surface area contributed by atoms with Gasteiger partial charge in [0.05, 0.1) is 0 Å². The van der Waals surface area contributed by atoms with E-state index < -0.39 is 5.97 Å².